The fourth-order valence-electron chi connectivity index (χ4n) is 2.00. The van der Waals surface area contributed by atoms with Gasteiger partial charge in [0, 0.05) is 17.8 Å². The van der Waals surface area contributed by atoms with Gasteiger partial charge in [0.25, 0.3) is 10.0 Å². The Bertz CT molecular complexity index is 638. The molecule has 1 N–H and O–H groups in total. The summed E-state index contributed by atoms with van der Waals surface area (Å²) in [7, 11) is -3.61. The van der Waals surface area contributed by atoms with Crippen LogP contribution in [-0.2, 0) is 10.0 Å². The molecule has 108 valence electrons. The van der Waals surface area contributed by atoms with Crippen LogP contribution in [0.25, 0.3) is 0 Å². The Labute approximate surface area is 124 Å². The molecule has 0 saturated heterocycles. The lowest BCUT2D eigenvalue weighted by molar-refractivity contribution is 0.410. The van der Waals surface area contributed by atoms with E-state index in [-0.39, 0.29) is 4.90 Å². The zero-order valence-corrected chi connectivity index (χ0v) is 12.8. The van der Waals surface area contributed by atoms with Crippen LogP contribution in [0, 0.1) is 0 Å². The highest BCUT2D eigenvalue weighted by Gasteiger charge is 2.19. The summed E-state index contributed by atoms with van der Waals surface area (Å²) in [4.78, 5) is 2.06. The summed E-state index contributed by atoms with van der Waals surface area (Å²) in [6, 6.07) is 6.23. The SMILES string of the molecule is CC=CN1CCCC=C1NS(=O)(=O)c1cccc(Cl)c1. The first kappa shape index (κ1) is 14.9. The van der Waals surface area contributed by atoms with Crippen molar-refractivity contribution in [3.05, 3.63) is 53.5 Å². The smallest absolute Gasteiger partial charge is 0.263 e. The number of rotatable bonds is 4. The maximum atomic E-state index is 12.3. The van der Waals surface area contributed by atoms with Crippen LogP contribution in [0.4, 0.5) is 0 Å². The molecule has 6 heteroatoms. The fourth-order valence-corrected chi connectivity index (χ4v) is 3.39. The molecule has 0 atom stereocenters. The van der Waals surface area contributed by atoms with E-state index in [9.17, 15) is 8.42 Å². The lowest BCUT2D eigenvalue weighted by Crippen LogP contribution is -2.34. The van der Waals surface area contributed by atoms with Crippen molar-refractivity contribution >= 4 is 21.6 Å². The Morgan fingerprint density at radius 1 is 1.40 bits per heavy atom. The van der Waals surface area contributed by atoms with Gasteiger partial charge in [0.2, 0.25) is 0 Å². The van der Waals surface area contributed by atoms with Gasteiger partial charge >= 0.3 is 0 Å². The topological polar surface area (TPSA) is 49.4 Å². The van der Waals surface area contributed by atoms with Gasteiger partial charge in [0.15, 0.2) is 0 Å². The molecule has 20 heavy (non-hydrogen) atoms. The van der Waals surface area contributed by atoms with Crippen molar-refractivity contribution in [1.82, 2.24) is 9.62 Å². The number of sulfonamides is 1. The van der Waals surface area contributed by atoms with Crippen LogP contribution < -0.4 is 4.72 Å². The second kappa shape index (κ2) is 6.33. The van der Waals surface area contributed by atoms with Crippen molar-refractivity contribution < 1.29 is 8.42 Å². The third-order valence-electron chi connectivity index (χ3n) is 2.92. The molecule has 0 radical (unpaired) electrons. The molecule has 0 aromatic heterocycles. The maximum absolute atomic E-state index is 12.3. The van der Waals surface area contributed by atoms with Crippen LogP contribution in [0.3, 0.4) is 0 Å². The van der Waals surface area contributed by atoms with Gasteiger partial charge in [0.05, 0.1) is 4.90 Å². The average molecular weight is 313 g/mol. The number of benzene rings is 1. The lowest BCUT2D eigenvalue weighted by Gasteiger charge is -2.27. The number of halogens is 1. The molecular weight excluding hydrogens is 296 g/mol. The van der Waals surface area contributed by atoms with Crippen molar-refractivity contribution in [2.24, 2.45) is 0 Å². The van der Waals surface area contributed by atoms with Crippen LogP contribution >= 0.6 is 11.6 Å². The molecule has 0 fully saturated rings. The highest BCUT2D eigenvalue weighted by atomic mass is 35.5. The van der Waals surface area contributed by atoms with Crippen molar-refractivity contribution in [3.8, 4) is 0 Å². The molecule has 0 spiro atoms. The normalized spacial score (nSPS) is 16.3. The summed E-state index contributed by atoms with van der Waals surface area (Å²) in [5.41, 5.74) is 0. The van der Waals surface area contributed by atoms with Crippen LogP contribution in [0.2, 0.25) is 5.02 Å². The predicted molar refractivity (Wildman–Crippen MR) is 80.6 cm³/mol. The van der Waals surface area contributed by atoms with E-state index in [0.717, 1.165) is 19.4 Å². The quantitative estimate of drug-likeness (QED) is 0.929. The van der Waals surface area contributed by atoms with Crippen molar-refractivity contribution in [1.29, 1.82) is 0 Å². The zero-order valence-electron chi connectivity index (χ0n) is 11.2. The Morgan fingerprint density at radius 2 is 2.20 bits per heavy atom. The molecule has 4 nitrogen and oxygen atoms in total. The number of hydrogen-bond acceptors (Lipinski definition) is 3. The second-order valence-corrected chi connectivity index (χ2v) is 6.59. The Kier molecular flexibility index (Phi) is 4.73. The standard InChI is InChI=1S/C14H17ClN2O2S/c1-2-9-17-10-4-3-8-14(17)16-20(18,19)13-7-5-6-12(15)11-13/h2,5-9,11,16H,3-4,10H2,1H3. The molecular formula is C14H17ClN2O2S. The monoisotopic (exact) mass is 312 g/mol. The molecule has 0 aliphatic carbocycles. The second-order valence-electron chi connectivity index (χ2n) is 4.47. The molecule has 1 aliphatic rings. The molecule has 2 rings (SSSR count). The van der Waals surface area contributed by atoms with E-state index in [1.165, 1.54) is 12.1 Å². The summed E-state index contributed by atoms with van der Waals surface area (Å²) in [6.07, 6.45) is 7.51. The van der Waals surface area contributed by atoms with E-state index in [1.807, 2.05) is 30.2 Å². The highest BCUT2D eigenvalue weighted by Crippen LogP contribution is 2.19. The van der Waals surface area contributed by atoms with E-state index in [4.69, 9.17) is 11.6 Å². The Balaban J connectivity index is 2.25. The predicted octanol–water partition coefficient (Wildman–Crippen LogP) is 3.09. The minimum absolute atomic E-state index is 0.164. The van der Waals surface area contributed by atoms with Gasteiger partial charge in [-0.05, 0) is 44.0 Å². The largest absolute Gasteiger partial charge is 0.335 e. The molecule has 0 amide bonds. The lowest BCUT2D eigenvalue weighted by atomic mass is 10.2. The van der Waals surface area contributed by atoms with Crippen molar-refractivity contribution in [2.75, 3.05) is 6.54 Å². The molecule has 1 aliphatic heterocycles. The van der Waals surface area contributed by atoms with E-state index in [0.29, 0.717) is 10.8 Å². The number of hydrogen-bond donors (Lipinski definition) is 1. The van der Waals surface area contributed by atoms with Crippen LogP contribution in [-0.4, -0.2) is 19.9 Å². The van der Waals surface area contributed by atoms with E-state index in [1.54, 1.807) is 12.1 Å². The number of allylic oxidation sites excluding steroid dienone is 2. The molecule has 0 bridgehead atoms. The fraction of sp³-hybridized carbons (Fsp3) is 0.286. The van der Waals surface area contributed by atoms with E-state index in [2.05, 4.69) is 4.72 Å². The van der Waals surface area contributed by atoms with Gasteiger partial charge in [0.1, 0.15) is 5.82 Å². The molecule has 0 unspecified atom stereocenters. The molecule has 1 heterocycles. The van der Waals surface area contributed by atoms with Crippen molar-refractivity contribution in [2.45, 2.75) is 24.7 Å². The van der Waals surface area contributed by atoms with E-state index >= 15 is 0 Å². The minimum atomic E-state index is -3.61. The first-order chi connectivity index (χ1) is 9.53. The van der Waals surface area contributed by atoms with Crippen LogP contribution in [0.1, 0.15) is 19.8 Å². The Morgan fingerprint density at radius 3 is 2.90 bits per heavy atom. The summed E-state index contributed by atoms with van der Waals surface area (Å²) in [6.45, 7) is 2.70. The molecule has 1 aromatic rings. The van der Waals surface area contributed by atoms with Gasteiger partial charge in [-0.3, -0.25) is 4.72 Å². The van der Waals surface area contributed by atoms with Gasteiger partial charge in [-0.15, -0.1) is 0 Å². The van der Waals surface area contributed by atoms with Gasteiger partial charge in [-0.25, -0.2) is 8.42 Å². The van der Waals surface area contributed by atoms with Crippen LogP contribution in [0.15, 0.2) is 53.3 Å². The highest BCUT2D eigenvalue weighted by molar-refractivity contribution is 7.89. The maximum Gasteiger partial charge on any atom is 0.263 e. The first-order valence-corrected chi connectivity index (χ1v) is 8.27. The summed E-state index contributed by atoms with van der Waals surface area (Å²) in [5.74, 6) is 0.592. The number of nitrogens with zero attached hydrogens (tertiary/aromatic N) is 1. The van der Waals surface area contributed by atoms with Gasteiger partial charge in [-0.1, -0.05) is 23.7 Å². The average Bonchev–Trinajstić information content (AvgIpc) is 2.41. The zero-order chi connectivity index (χ0) is 14.6. The summed E-state index contributed by atoms with van der Waals surface area (Å²) in [5, 5.41) is 0.399. The van der Waals surface area contributed by atoms with Crippen molar-refractivity contribution in [3.63, 3.8) is 0 Å². The molecule has 1 aromatic carbocycles. The molecule has 0 saturated carbocycles. The summed E-state index contributed by atoms with van der Waals surface area (Å²) < 4.78 is 27.3. The van der Waals surface area contributed by atoms with E-state index < -0.39 is 10.0 Å². The summed E-state index contributed by atoms with van der Waals surface area (Å²) >= 11 is 5.84. The third kappa shape index (κ3) is 3.55. The van der Waals surface area contributed by atoms with Gasteiger partial charge < -0.3 is 4.90 Å². The Hall–Kier alpha value is -1.46. The third-order valence-corrected chi connectivity index (χ3v) is 4.51. The number of nitrogens with one attached hydrogen (secondary N) is 1. The first-order valence-electron chi connectivity index (χ1n) is 6.41. The minimum Gasteiger partial charge on any atom is -0.335 e. The van der Waals surface area contributed by atoms with Gasteiger partial charge in [-0.2, -0.15) is 0 Å². The van der Waals surface area contributed by atoms with Crippen LogP contribution in [0.5, 0.6) is 0 Å².